The number of rotatable bonds is 2. The van der Waals surface area contributed by atoms with Crippen LogP contribution in [0, 0.1) is 0 Å². The summed E-state index contributed by atoms with van der Waals surface area (Å²) in [5, 5.41) is 0. The molecule has 0 aliphatic carbocycles. The third-order valence-corrected chi connectivity index (χ3v) is 3.55. The Bertz CT molecular complexity index is 704. The lowest BCUT2D eigenvalue weighted by molar-refractivity contribution is 0.101. The van der Waals surface area contributed by atoms with E-state index in [9.17, 15) is 4.79 Å². The van der Waals surface area contributed by atoms with Crippen molar-refractivity contribution < 1.29 is 4.79 Å². The number of hydrogen-bond acceptors (Lipinski definition) is 3. The molecular weight excluding hydrogens is 248 g/mol. The molecule has 0 saturated heterocycles. The van der Waals surface area contributed by atoms with Gasteiger partial charge in [-0.3, -0.25) is 9.79 Å². The molecule has 1 aliphatic heterocycles. The molecule has 2 aromatic rings. The molecule has 0 bridgehead atoms. The second-order valence-corrected chi connectivity index (χ2v) is 5.01. The van der Waals surface area contributed by atoms with Gasteiger partial charge in [0.25, 0.3) is 0 Å². The summed E-state index contributed by atoms with van der Waals surface area (Å²) in [5.41, 5.74) is 4.77. The van der Waals surface area contributed by atoms with E-state index in [0.29, 0.717) is 5.56 Å². The summed E-state index contributed by atoms with van der Waals surface area (Å²) in [6.07, 6.45) is 0. The average molecular weight is 264 g/mol. The molecule has 3 heteroatoms. The minimum atomic E-state index is 0.0459. The topological polar surface area (TPSA) is 32.7 Å². The van der Waals surface area contributed by atoms with Gasteiger partial charge in [0.05, 0.1) is 17.9 Å². The van der Waals surface area contributed by atoms with Crippen molar-refractivity contribution in [2.24, 2.45) is 4.99 Å². The van der Waals surface area contributed by atoms with Crippen LogP contribution in [0.1, 0.15) is 22.8 Å². The number of carbonyl (C=O) groups excluding carboxylic acids is 1. The van der Waals surface area contributed by atoms with Crippen molar-refractivity contribution in [3.63, 3.8) is 0 Å². The van der Waals surface area contributed by atoms with Gasteiger partial charge in [-0.25, -0.2) is 0 Å². The molecule has 3 nitrogen and oxygen atoms in total. The van der Waals surface area contributed by atoms with E-state index >= 15 is 0 Å². The number of para-hydroxylation sites is 2. The van der Waals surface area contributed by atoms with Gasteiger partial charge >= 0.3 is 0 Å². The van der Waals surface area contributed by atoms with Crippen molar-refractivity contribution in [1.29, 1.82) is 0 Å². The molecule has 2 aromatic carbocycles. The van der Waals surface area contributed by atoms with E-state index in [-0.39, 0.29) is 5.78 Å². The summed E-state index contributed by atoms with van der Waals surface area (Å²) < 4.78 is 0. The van der Waals surface area contributed by atoms with E-state index in [2.05, 4.69) is 24.1 Å². The number of aliphatic imine (C=N–C) groups is 1. The smallest absolute Gasteiger partial charge is 0.161 e. The normalized spacial score (nSPS) is 15.5. The highest BCUT2D eigenvalue weighted by molar-refractivity contribution is 6.13. The molecule has 0 radical (unpaired) electrons. The molecule has 3 rings (SSSR count). The molecule has 0 amide bonds. The van der Waals surface area contributed by atoms with E-state index in [1.54, 1.807) is 6.92 Å². The predicted molar refractivity (Wildman–Crippen MR) is 82.4 cm³/mol. The standard InChI is InChI=1S/C17H16N2O/c1-12(20)13-7-3-5-9-15(13)18-16-11-19(2)17-10-6-4-8-14(16)17/h3-10H,11H2,1-2H3. The van der Waals surface area contributed by atoms with E-state index in [1.807, 2.05) is 36.4 Å². The highest BCUT2D eigenvalue weighted by Gasteiger charge is 2.21. The van der Waals surface area contributed by atoms with Crippen molar-refractivity contribution in [2.75, 3.05) is 18.5 Å². The minimum Gasteiger partial charge on any atom is -0.368 e. The van der Waals surface area contributed by atoms with Crippen LogP contribution in [0.15, 0.2) is 53.5 Å². The van der Waals surface area contributed by atoms with E-state index in [4.69, 9.17) is 4.99 Å². The number of fused-ring (bicyclic) bond motifs is 1. The van der Waals surface area contributed by atoms with Gasteiger partial charge in [-0.2, -0.15) is 0 Å². The van der Waals surface area contributed by atoms with E-state index in [0.717, 1.165) is 23.5 Å². The van der Waals surface area contributed by atoms with Gasteiger partial charge in [-0.15, -0.1) is 0 Å². The van der Waals surface area contributed by atoms with Crippen LogP contribution in [-0.4, -0.2) is 25.1 Å². The molecule has 1 aliphatic rings. The van der Waals surface area contributed by atoms with Crippen LogP contribution in [0.5, 0.6) is 0 Å². The highest BCUT2D eigenvalue weighted by atomic mass is 16.1. The largest absolute Gasteiger partial charge is 0.368 e. The number of ketones is 1. The van der Waals surface area contributed by atoms with Crippen molar-refractivity contribution >= 4 is 22.9 Å². The van der Waals surface area contributed by atoms with Crippen molar-refractivity contribution in [3.8, 4) is 0 Å². The lowest BCUT2D eigenvalue weighted by Gasteiger charge is -2.09. The minimum absolute atomic E-state index is 0.0459. The summed E-state index contributed by atoms with van der Waals surface area (Å²) in [7, 11) is 2.05. The molecule has 0 atom stereocenters. The van der Waals surface area contributed by atoms with Crippen LogP contribution < -0.4 is 4.90 Å². The number of hydrogen-bond donors (Lipinski definition) is 0. The number of Topliss-reactive ketones (excluding diaryl/α,β-unsaturated/α-hetero) is 1. The molecule has 100 valence electrons. The quantitative estimate of drug-likeness (QED) is 0.778. The van der Waals surface area contributed by atoms with Crippen molar-refractivity contribution in [2.45, 2.75) is 6.92 Å². The first-order valence-electron chi connectivity index (χ1n) is 6.65. The molecule has 1 heterocycles. The Kier molecular flexibility index (Phi) is 3.11. The maximum Gasteiger partial charge on any atom is 0.161 e. The maximum absolute atomic E-state index is 11.7. The van der Waals surface area contributed by atoms with E-state index < -0.39 is 0 Å². The van der Waals surface area contributed by atoms with Crippen LogP contribution in [0.4, 0.5) is 11.4 Å². The number of nitrogens with zero attached hydrogens (tertiary/aromatic N) is 2. The van der Waals surface area contributed by atoms with Gasteiger partial charge in [-0.05, 0) is 25.1 Å². The summed E-state index contributed by atoms with van der Waals surface area (Å²) >= 11 is 0. The third-order valence-electron chi connectivity index (χ3n) is 3.55. The number of carbonyl (C=O) groups is 1. The Hall–Kier alpha value is -2.42. The maximum atomic E-state index is 11.7. The van der Waals surface area contributed by atoms with Gasteiger partial charge in [0.1, 0.15) is 0 Å². The Morgan fingerprint density at radius 1 is 1.10 bits per heavy atom. The monoisotopic (exact) mass is 264 g/mol. The SMILES string of the molecule is CC(=O)c1ccccc1N=C1CN(C)c2ccccc21. The van der Waals surface area contributed by atoms with Gasteiger partial charge < -0.3 is 4.90 Å². The van der Waals surface area contributed by atoms with Crippen LogP contribution >= 0.6 is 0 Å². The van der Waals surface area contributed by atoms with Crippen molar-refractivity contribution in [3.05, 3.63) is 59.7 Å². The Balaban J connectivity index is 2.09. The van der Waals surface area contributed by atoms with Crippen LogP contribution in [-0.2, 0) is 0 Å². The lowest BCUT2D eigenvalue weighted by Crippen LogP contribution is -2.16. The van der Waals surface area contributed by atoms with Gasteiger partial charge in [0, 0.05) is 23.9 Å². The number of likely N-dealkylation sites (N-methyl/N-ethyl adjacent to an activating group) is 1. The molecule has 0 spiro atoms. The zero-order chi connectivity index (χ0) is 14.1. The second-order valence-electron chi connectivity index (χ2n) is 5.01. The zero-order valence-corrected chi connectivity index (χ0v) is 11.6. The van der Waals surface area contributed by atoms with Gasteiger partial charge in [0.15, 0.2) is 5.78 Å². The molecular formula is C17H16N2O. The van der Waals surface area contributed by atoms with Crippen LogP contribution in [0.25, 0.3) is 0 Å². The fourth-order valence-electron chi connectivity index (χ4n) is 2.56. The highest BCUT2D eigenvalue weighted by Crippen LogP contribution is 2.29. The number of benzene rings is 2. The van der Waals surface area contributed by atoms with Crippen LogP contribution in [0.2, 0.25) is 0 Å². The fraction of sp³-hybridized carbons (Fsp3) is 0.176. The first kappa shape index (κ1) is 12.6. The molecule has 20 heavy (non-hydrogen) atoms. The zero-order valence-electron chi connectivity index (χ0n) is 11.6. The van der Waals surface area contributed by atoms with Gasteiger partial charge in [0.2, 0.25) is 0 Å². The van der Waals surface area contributed by atoms with Gasteiger partial charge in [-0.1, -0.05) is 30.3 Å². The van der Waals surface area contributed by atoms with E-state index in [1.165, 1.54) is 5.69 Å². The Morgan fingerprint density at radius 2 is 1.80 bits per heavy atom. The lowest BCUT2D eigenvalue weighted by atomic mass is 10.1. The molecule has 0 fully saturated rings. The molecule has 0 unspecified atom stereocenters. The molecule has 0 N–H and O–H groups in total. The third kappa shape index (κ3) is 2.11. The van der Waals surface area contributed by atoms with Crippen LogP contribution in [0.3, 0.4) is 0 Å². The summed E-state index contributed by atoms with van der Waals surface area (Å²) in [6.45, 7) is 2.35. The summed E-state index contributed by atoms with van der Waals surface area (Å²) in [4.78, 5) is 18.6. The number of anilines is 1. The van der Waals surface area contributed by atoms with Crippen molar-refractivity contribution in [1.82, 2.24) is 0 Å². The fourth-order valence-corrected chi connectivity index (χ4v) is 2.56. The summed E-state index contributed by atoms with van der Waals surface area (Å²) in [5.74, 6) is 0.0459. The molecule has 0 saturated carbocycles. The Morgan fingerprint density at radius 3 is 2.60 bits per heavy atom. The molecule has 0 aromatic heterocycles. The predicted octanol–water partition coefficient (Wildman–Crippen LogP) is 3.46. The average Bonchev–Trinajstić information content (AvgIpc) is 2.76. The first-order valence-corrected chi connectivity index (χ1v) is 6.65. The second kappa shape index (κ2) is 4.93. The summed E-state index contributed by atoms with van der Waals surface area (Å²) in [6, 6.07) is 15.7. The first-order chi connectivity index (χ1) is 9.66. The Labute approximate surface area is 118 Å².